The molecular formula is C18H15F2N3OS. The minimum Gasteiger partial charge on any atom is -0.323 e. The Labute approximate surface area is 148 Å². The monoisotopic (exact) mass is 359 g/mol. The number of aromatic nitrogens is 1. The highest BCUT2D eigenvalue weighted by Crippen LogP contribution is 2.27. The number of nitrogens with one attached hydrogen (secondary N) is 1. The fourth-order valence-electron chi connectivity index (χ4n) is 2.72. The van der Waals surface area contributed by atoms with Gasteiger partial charge in [-0.2, -0.15) is 5.26 Å². The molecule has 0 saturated heterocycles. The predicted molar refractivity (Wildman–Crippen MR) is 91.3 cm³/mol. The van der Waals surface area contributed by atoms with Gasteiger partial charge in [0.25, 0.3) is 0 Å². The molecule has 7 heteroatoms. The molecule has 1 amide bonds. The van der Waals surface area contributed by atoms with E-state index in [1.165, 1.54) is 6.07 Å². The molecule has 0 bridgehead atoms. The molecular weight excluding hydrogens is 344 g/mol. The van der Waals surface area contributed by atoms with Crippen molar-refractivity contribution in [2.75, 3.05) is 11.1 Å². The van der Waals surface area contributed by atoms with Gasteiger partial charge in [-0.1, -0.05) is 11.8 Å². The molecule has 1 N–H and O–H groups in total. The Bertz CT molecular complexity index is 864. The molecule has 0 spiro atoms. The number of anilines is 1. The van der Waals surface area contributed by atoms with Crippen molar-refractivity contribution in [3.8, 4) is 6.07 Å². The number of nitriles is 1. The van der Waals surface area contributed by atoms with Crippen LogP contribution in [0.3, 0.4) is 0 Å². The van der Waals surface area contributed by atoms with Crippen LogP contribution in [-0.4, -0.2) is 16.6 Å². The van der Waals surface area contributed by atoms with E-state index in [2.05, 4.69) is 16.4 Å². The highest BCUT2D eigenvalue weighted by Gasteiger charge is 2.16. The normalized spacial score (nSPS) is 13.0. The molecule has 0 atom stereocenters. The van der Waals surface area contributed by atoms with Crippen molar-refractivity contribution in [3.05, 3.63) is 52.7 Å². The number of pyridine rings is 1. The topological polar surface area (TPSA) is 65.8 Å². The van der Waals surface area contributed by atoms with Crippen LogP contribution in [0.15, 0.2) is 29.3 Å². The molecule has 0 radical (unpaired) electrons. The SMILES string of the molecule is N#Cc1cc2c(nc1SCC(=O)Nc1ccc(F)cc1F)CCCC2. The van der Waals surface area contributed by atoms with E-state index in [1.54, 1.807) is 0 Å². The van der Waals surface area contributed by atoms with E-state index in [0.717, 1.165) is 54.8 Å². The number of carbonyl (C=O) groups is 1. The van der Waals surface area contributed by atoms with Crippen LogP contribution < -0.4 is 5.32 Å². The third kappa shape index (κ3) is 4.15. The molecule has 1 aromatic heterocycles. The standard InChI is InChI=1S/C18H15F2N3OS/c19-13-5-6-16(14(20)8-13)22-17(24)10-25-18-12(9-21)7-11-3-1-2-4-15(11)23-18/h5-8H,1-4,10H2,(H,22,24). The number of thioether (sulfide) groups is 1. The van der Waals surface area contributed by atoms with Gasteiger partial charge in [-0.3, -0.25) is 4.79 Å². The molecule has 0 fully saturated rings. The van der Waals surface area contributed by atoms with Crippen molar-refractivity contribution in [2.45, 2.75) is 30.7 Å². The highest BCUT2D eigenvalue weighted by molar-refractivity contribution is 8.00. The maximum absolute atomic E-state index is 13.6. The summed E-state index contributed by atoms with van der Waals surface area (Å²) in [6.07, 6.45) is 3.96. The van der Waals surface area contributed by atoms with E-state index in [-0.39, 0.29) is 11.4 Å². The Balaban J connectivity index is 1.68. The molecule has 4 nitrogen and oxygen atoms in total. The van der Waals surface area contributed by atoms with Crippen LogP contribution >= 0.6 is 11.8 Å². The van der Waals surface area contributed by atoms with Gasteiger partial charge in [-0.05, 0) is 49.4 Å². The van der Waals surface area contributed by atoms with Crippen LogP contribution in [0, 0.1) is 23.0 Å². The van der Waals surface area contributed by atoms with Gasteiger partial charge < -0.3 is 5.32 Å². The number of benzene rings is 1. The summed E-state index contributed by atoms with van der Waals surface area (Å²) in [5.74, 6) is -2.00. The number of hydrogen-bond acceptors (Lipinski definition) is 4. The molecule has 3 rings (SSSR count). The molecule has 0 unspecified atom stereocenters. The van der Waals surface area contributed by atoms with Gasteiger partial charge in [0, 0.05) is 11.8 Å². The number of fused-ring (bicyclic) bond motifs is 1. The smallest absolute Gasteiger partial charge is 0.234 e. The first-order valence-electron chi connectivity index (χ1n) is 7.87. The van der Waals surface area contributed by atoms with E-state index in [1.807, 2.05) is 6.07 Å². The molecule has 128 valence electrons. The Morgan fingerprint density at radius 3 is 2.84 bits per heavy atom. The fraction of sp³-hybridized carbons (Fsp3) is 0.278. The maximum atomic E-state index is 13.6. The highest BCUT2D eigenvalue weighted by atomic mass is 32.2. The van der Waals surface area contributed by atoms with E-state index in [4.69, 9.17) is 0 Å². The lowest BCUT2D eigenvalue weighted by Gasteiger charge is -2.16. The van der Waals surface area contributed by atoms with Gasteiger partial charge in [-0.25, -0.2) is 13.8 Å². The Morgan fingerprint density at radius 1 is 1.28 bits per heavy atom. The van der Waals surface area contributed by atoms with Gasteiger partial charge in [0.1, 0.15) is 22.7 Å². The summed E-state index contributed by atoms with van der Waals surface area (Å²) >= 11 is 1.14. The molecule has 1 aliphatic carbocycles. The quantitative estimate of drug-likeness (QED) is 0.843. The van der Waals surface area contributed by atoms with Crippen LogP contribution in [0.5, 0.6) is 0 Å². The second-order valence-electron chi connectivity index (χ2n) is 5.73. The lowest BCUT2D eigenvalue weighted by Crippen LogP contribution is -2.15. The molecule has 0 aliphatic heterocycles. The Hall–Kier alpha value is -2.46. The largest absolute Gasteiger partial charge is 0.323 e. The predicted octanol–water partition coefficient (Wildman–Crippen LogP) is 3.84. The molecule has 2 aromatic rings. The number of halogens is 2. The van der Waals surface area contributed by atoms with E-state index < -0.39 is 17.5 Å². The van der Waals surface area contributed by atoms with Crippen molar-refractivity contribution in [3.63, 3.8) is 0 Å². The number of rotatable bonds is 4. The number of aryl methyl sites for hydroxylation is 2. The molecule has 1 heterocycles. The van der Waals surface area contributed by atoms with Crippen LogP contribution in [0.1, 0.15) is 29.7 Å². The van der Waals surface area contributed by atoms with Crippen molar-refractivity contribution in [1.29, 1.82) is 5.26 Å². The fourth-order valence-corrected chi connectivity index (χ4v) is 3.49. The summed E-state index contributed by atoms with van der Waals surface area (Å²) in [4.78, 5) is 16.5. The van der Waals surface area contributed by atoms with Crippen LogP contribution in [0.25, 0.3) is 0 Å². The number of nitrogens with zero attached hydrogens (tertiary/aromatic N) is 2. The van der Waals surface area contributed by atoms with Crippen LogP contribution in [0.4, 0.5) is 14.5 Å². The minimum atomic E-state index is -0.831. The number of hydrogen-bond donors (Lipinski definition) is 1. The molecule has 25 heavy (non-hydrogen) atoms. The van der Waals surface area contributed by atoms with Crippen molar-refractivity contribution in [1.82, 2.24) is 4.98 Å². The maximum Gasteiger partial charge on any atom is 0.234 e. The number of carbonyl (C=O) groups excluding carboxylic acids is 1. The second-order valence-corrected chi connectivity index (χ2v) is 6.69. The average Bonchev–Trinajstić information content (AvgIpc) is 2.61. The van der Waals surface area contributed by atoms with Gasteiger partial charge in [0.15, 0.2) is 0 Å². The van der Waals surface area contributed by atoms with Gasteiger partial charge >= 0.3 is 0 Å². The van der Waals surface area contributed by atoms with E-state index in [0.29, 0.717) is 16.7 Å². The zero-order valence-corrected chi connectivity index (χ0v) is 14.1. The van der Waals surface area contributed by atoms with Crippen molar-refractivity contribution in [2.24, 2.45) is 0 Å². The van der Waals surface area contributed by atoms with Gasteiger partial charge in [0.05, 0.1) is 17.0 Å². The summed E-state index contributed by atoms with van der Waals surface area (Å²) in [6.45, 7) is 0. The van der Waals surface area contributed by atoms with Gasteiger partial charge in [-0.15, -0.1) is 0 Å². The molecule has 1 aliphatic rings. The summed E-state index contributed by atoms with van der Waals surface area (Å²) in [5, 5.41) is 12.2. The van der Waals surface area contributed by atoms with E-state index >= 15 is 0 Å². The van der Waals surface area contributed by atoms with Gasteiger partial charge in [0.2, 0.25) is 5.91 Å². The summed E-state index contributed by atoms with van der Waals surface area (Å²) in [6, 6.07) is 6.92. The average molecular weight is 359 g/mol. The van der Waals surface area contributed by atoms with Crippen LogP contribution in [-0.2, 0) is 17.6 Å². The first kappa shape index (κ1) is 17.4. The minimum absolute atomic E-state index is 0.0166. The second kappa shape index (κ2) is 7.62. The zero-order chi connectivity index (χ0) is 17.8. The Kier molecular flexibility index (Phi) is 5.29. The molecule has 0 saturated carbocycles. The van der Waals surface area contributed by atoms with E-state index in [9.17, 15) is 18.8 Å². The Morgan fingerprint density at radius 2 is 2.08 bits per heavy atom. The van der Waals surface area contributed by atoms with Crippen LogP contribution in [0.2, 0.25) is 0 Å². The number of amides is 1. The summed E-state index contributed by atoms with van der Waals surface area (Å²) < 4.78 is 26.4. The lowest BCUT2D eigenvalue weighted by atomic mass is 9.95. The lowest BCUT2D eigenvalue weighted by molar-refractivity contribution is -0.113. The first-order valence-corrected chi connectivity index (χ1v) is 8.86. The van der Waals surface area contributed by atoms with Crippen molar-refractivity contribution < 1.29 is 13.6 Å². The zero-order valence-electron chi connectivity index (χ0n) is 13.3. The van der Waals surface area contributed by atoms with Crippen molar-refractivity contribution >= 4 is 23.4 Å². The third-order valence-electron chi connectivity index (χ3n) is 3.93. The summed E-state index contributed by atoms with van der Waals surface area (Å²) in [7, 11) is 0. The first-order chi connectivity index (χ1) is 12.1. The third-order valence-corrected chi connectivity index (χ3v) is 4.92. The summed E-state index contributed by atoms with van der Waals surface area (Å²) in [5.41, 5.74) is 2.46. The molecule has 1 aromatic carbocycles.